The monoisotopic (exact) mass is 270 g/mol. The summed E-state index contributed by atoms with van der Waals surface area (Å²) in [7, 11) is 2.10. The molecule has 1 atom stereocenters. The van der Waals surface area contributed by atoms with Crippen LogP contribution in [0.5, 0.6) is 0 Å². The predicted molar refractivity (Wildman–Crippen MR) is 81.3 cm³/mol. The van der Waals surface area contributed by atoms with Gasteiger partial charge in [-0.05, 0) is 37.6 Å². The molecule has 1 unspecified atom stereocenters. The Balaban J connectivity index is 2.16. The molecule has 3 nitrogen and oxygen atoms in total. The lowest BCUT2D eigenvalue weighted by molar-refractivity contribution is 0.179. The summed E-state index contributed by atoms with van der Waals surface area (Å²) in [6.45, 7) is 3.06. The summed E-state index contributed by atoms with van der Waals surface area (Å²) < 4.78 is 0. The third-order valence-electron chi connectivity index (χ3n) is 3.66. The first-order chi connectivity index (χ1) is 9.72. The Morgan fingerprint density at radius 2 is 1.90 bits per heavy atom. The third-order valence-corrected chi connectivity index (χ3v) is 3.66. The van der Waals surface area contributed by atoms with Gasteiger partial charge in [-0.1, -0.05) is 36.4 Å². The van der Waals surface area contributed by atoms with Crippen molar-refractivity contribution in [3.05, 3.63) is 65.5 Å². The van der Waals surface area contributed by atoms with Crippen molar-refractivity contribution in [2.75, 3.05) is 13.7 Å². The normalized spacial score (nSPS) is 12.6. The van der Waals surface area contributed by atoms with E-state index >= 15 is 0 Å². The van der Waals surface area contributed by atoms with Gasteiger partial charge in [-0.25, -0.2) is 0 Å². The van der Waals surface area contributed by atoms with E-state index in [1.165, 1.54) is 11.1 Å². The molecule has 0 amide bonds. The highest BCUT2D eigenvalue weighted by Crippen LogP contribution is 2.24. The molecule has 0 radical (unpaired) electrons. The highest BCUT2D eigenvalue weighted by Gasteiger charge is 2.17. The summed E-state index contributed by atoms with van der Waals surface area (Å²) in [6, 6.07) is 14.6. The average Bonchev–Trinajstić information content (AvgIpc) is 2.48. The molecule has 0 aliphatic carbocycles. The van der Waals surface area contributed by atoms with E-state index in [4.69, 9.17) is 0 Å². The molecule has 1 N–H and O–H groups in total. The molecule has 0 aliphatic rings. The van der Waals surface area contributed by atoms with Gasteiger partial charge in [-0.15, -0.1) is 0 Å². The van der Waals surface area contributed by atoms with Crippen LogP contribution in [0.15, 0.2) is 48.7 Å². The van der Waals surface area contributed by atoms with E-state index in [-0.39, 0.29) is 12.6 Å². The molecule has 0 fully saturated rings. The van der Waals surface area contributed by atoms with Gasteiger partial charge in [0, 0.05) is 31.1 Å². The lowest BCUT2D eigenvalue weighted by Gasteiger charge is -2.28. The van der Waals surface area contributed by atoms with Crippen molar-refractivity contribution >= 4 is 0 Å². The zero-order chi connectivity index (χ0) is 14.4. The maximum Gasteiger partial charge on any atom is 0.0449 e. The van der Waals surface area contributed by atoms with E-state index in [1.807, 2.05) is 37.4 Å². The molecule has 2 rings (SSSR count). The molecular formula is C17H22N2O. The van der Waals surface area contributed by atoms with Crippen molar-refractivity contribution in [2.24, 2.45) is 0 Å². The number of hydrogen-bond donors (Lipinski definition) is 1. The topological polar surface area (TPSA) is 36.4 Å². The van der Waals surface area contributed by atoms with Gasteiger partial charge in [0.15, 0.2) is 0 Å². The summed E-state index contributed by atoms with van der Waals surface area (Å²) in [5.74, 6) is 0. The third kappa shape index (κ3) is 3.65. The molecule has 20 heavy (non-hydrogen) atoms. The van der Waals surface area contributed by atoms with Crippen LogP contribution in [0.1, 0.15) is 29.3 Å². The van der Waals surface area contributed by atoms with Gasteiger partial charge in [0.1, 0.15) is 0 Å². The molecule has 1 heterocycles. The van der Waals surface area contributed by atoms with E-state index < -0.39 is 0 Å². The lowest BCUT2D eigenvalue weighted by Crippen LogP contribution is -2.25. The Hall–Kier alpha value is -1.71. The zero-order valence-corrected chi connectivity index (χ0v) is 12.2. The minimum absolute atomic E-state index is 0.190. The number of aliphatic hydroxyl groups is 1. The SMILES string of the molecule is Cc1ncccc1CN(C)C(CCO)c1ccccc1. The fourth-order valence-corrected chi connectivity index (χ4v) is 2.50. The Labute approximate surface area is 120 Å². The standard InChI is InChI=1S/C17H22N2O/c1-14-16(9-6-11-18-14)13-19(2)17(10-12-20)15-7-4-3-5-8-15/h3-9,11,17,20H,10,12-13H2,1-2H3. The van der Waals surface area contributed by atoms with Gasteiger partial charge in [0.05, 0.1) is 0 Å². The van der Waals surface area contributed by atoms with Gasteiger partial charge >= 0.3 is 0 Å². The molecule has 0 saturated carbocycles. The predicted octanol–water partition coefficient (Wildman–Crippen LogP) is 2.95. The van der Waals surface area contributed by atoms with E-state index in [2.05, 4.69) is 35.1 Å². The van der Waals surface area contributed by atoms with Crippen LogP contribution >= 0.6 is 0 Å². The van der Waals surface area contributed by atoms with Crippen LogP contribution < -0.4 is 0 Å². The van der Waals surface area contributed by atoms with Gasteiger partial charge in [0.2, 0.25) is 0 Å². The molecule has 106 valence electrons. The number of aryl methyl sites for hydroxylation is 1. The van der Waals surface area contributed by atoms with Gasteiger partial charge in [-0.2, -0.15) is 0 Å². The summed E-state index contributed by atoms with van der Waals surface area (Å²) in [6.07, 6.45) is 2.56. The van der Waals surface area contributed by atoms with Crippen LogP contribution in [-0.2, 0) is 6.54 Å². The Bertz CT molecular complexity index is 528. The maximum absolute atomic E-state index is 9.33. The van der Waals surface area contributed by atoms with Crippen LogP contribution in [-0.4, -0.2) is 28.6 Å². The smallest absolute Gasteiger partial charge is 0.0449 e. The van der Waals surface area contributed by atoms with Gasteiger partial charge in [0.25, 0.3) is 0 Å². The largest absolute Gasteiger partial charge is 0.396 e. The fourth-order valence-electron chi connectivity index (χ4n) is 2.50. The van der Waals surface area contributed by atoms with Crippen LogP contribution in [0.25, 0.3) is 0 Å². The number of aliphatic hydroxyl groups excluding tert-OH is 1. The molecular weight excluding hydrogens is 248 g/mol. The minimum Gasteiger partial charge on any atom is -0.396 e. The number of aromatic nitrogens is 1. The number of rotatable bonds is 6. The molecule has 0 spiro atoms. The fraction of sp³-hybridized carbons (Fsp3) is 0.353. The summed E-state index contributed by atoms with van der Waals surface area (Å²) in [5, 5.41) is 9.33. The summed E-state index contributed by atoms with van der Waals surface area (Å²) >= 11 is 0. The second-order valence-corrected chi connectivity index (χ2v) is 5.10. The highest BCUT2D eigenvalue weighted by molar-refractivity contribution is 5.21. The van der Waals surface area contributed by atoms with Crippen LogP contribution in [0.3, 0.4) is 0 Å². The number of benzene rings is 1. The van der Waals surface area contributed by atoms with Crippen molar-refractivity contribution in [3.63, 3.8) is 0 Å². The lowest BCUT2D eigenvalue weighted by atomic mass is 10.0. The Kier molecular flexibility index (Phi) is 5.27. The molecule has 1 aromatic heterocycles. The number of pyridine rings is 1. The quantitative estimate of drug-likeness (QED) is 0.876. The maximum atomic E-state index is 9.33. The van der Waals surface area contributed by atoms with Crippen LogP contribution in [0, 0.1) is 6.92 Å². The molecule has 0 aliphatic heterocycles. The first-order valence-electron chi connectivity index (χ1n) is 6.99. The molecule has 1 aromatic carbocycles. The number of hydrogen-bond acceptors (Lipinski definition) is 3. The molecule has 3 heteroatoms. The first-order valence-corrected chi connectivity index (χ1v) is 6.99. The van der Waals surface area contributed by atoms with Crippen molar-refractivity contribution in [1.29, 1.82) is 0 Å². The number of nitrogens with zero attached hydrogens (tertiary/aromatic N) is 2. The van der Waals surface area contributed by atoms with Gasteiger partial charge < -0.3 is 5.11 Å². The van der Waals surface area contributed by atoms with Crippen molar-refractivity contribution < 1.29 is 5.11 Å². The average molecular weight is 270 g/mol. The van der Waals surface area contributed by atoms with Crippen LogP contribution in [0.4, 0.5) is 0 Å². The second-order valence-electron chi connectivity index (χ2n) is 5.10. The second kappa shape index (κ2) is 7.17. The van der Waals surface area contributed by atoms with E-state index in [9.17, 15) is 5.11 Å². The first kappa shape index (κ1) is 14.7. The highest BCUT2D eigenvalue weighted by atomic mass is 16.3. The summed E-state index contributed by atoms with van der Waals surface area (Å²) in [4.78, 5) is 6.61. The Morgan fingerprint density at radius 3 is 2.55 bits per heavy atom. The molecule has 2 aromatic rings. The van der Waals surface area contributed by atoms with E-state index in [0.717, 1.165) is 18.7 Å². The molecule has 0 saturated heterocycles. The van der Waals surface area contributed by atoms with Gasteiger partial charge in [-0.3, -0.25) is 9.88 Å². The molecule has 0 bridgehead atoms. The van der Waals surface area contributed by atoms with Crippen LogP contribution in [0.2, 0.25) is 0 Å². The van der Waals surface area contributed by atoms with Crippen molar-refractivity contribution in [1.82, 2.24) is 9.88 Å². The minimum atomic E-state index is 0.190. The van der Waals surface area contributed by atoms with Crippen molar-refractivity contribution in [2.45, 2.75) is 25.9 Å². The zero-order valence-electron chi connectivity index (χ0n) is 12.2. The van der Waals surface area contributed by atoms with E-state index in [1.54, 1.807) is 0 Å². The van der Waals surface area contributed by atoms with Crippen molar-refractivity contribution in [3.8, 4) is 0 Å². The summed E-state index contributed by atoms with van der Waals surface area (Å²) in [5.41, 5.74) is 3.54. The van der Waals surface area contributed by atoms with E-state index in [0.29, 0.717) is 0 Å². The Morgan fingerprint density at radius 1 is 1.15 bits per heavy atom.